The van der Waals surface area contributed by atoms with Crippen molar-refractivity contribution < 1.29 is 13.2 Å². The molecule has 2 N–H and O–H groups in total. The van der Waals surface area contributed by atoms with Gasteiger partial charge in [0.2, 0.25) is 0 Å². The van der Waals surface area contributed by atoms with Crippen LogP contribution >= 0.6 is 24.0 Å². The van der Waals surface area contributed by atoms with Crippen LogP contribution in [-0.2, 0) is 0 Å². The molecule has 1 aromatic carbocycles. The zero-order valence-electron chi connectivity index (χ0n) is 6.88. The second-order valence-corrected chi connectivity index (χ2v) is 3.01. The first kappa shape index (κ1) is 13.5. The molecule has 0 aliphatic heterocycles. The SMILES string of the molecule is Cl.N[C@@H](c1ccc(Cl)cc1)C(F)(F)F. The molecule has 0 aliphatic carbocycles. The van der Waals surface area contributed by atoms with Crippen molar-refractivity contribution in [2.75, 3.05) is 0 Å². The van der Waals surface area contributed by atoms with E-state index in [-0.39, 0.29) is 18.0 Å². The molecule has 0 heterocycles. The molecule has 0 amide bonds. The molecule has 0 fully saturated rings. The summed E-state index contributed by atoms with van der Waals surface area (Å²) in [7, 11) is 0. The molecule has 0 aliphatic rings. The Morgan fingerprint density at radius 1 is 1.14 bits per heavy atom. The summed E-state index contributed by atoms with van der Waals surface area (Å²) in [5.41, 5.74) is 4.97. The number of benzene rings is 1. The maximum Gasteiger partial charge on any atom is 0.407 e. The molecule has 14 heavy (non-hydrogen) atoms. The van der Waals surface area contributed by atoms with Crippen molar-refractivity contribution in [2.24, 2.45) is 5.73 Å². The fraction of sp³-hybridized carbons (Fsp3) is 0.250. The van der Waals surface area contributed by atoms with Crippen LogP contribution in [0.15, 0.2) is 24.3 Å². The standard InChI is InChI=1S/C8H7ClF3N.ClH/c9-6-3-1-5(2-4-6)7(13)8(10,11)12;/h1-4,7H,13H2;1H/t7-;/m0./s1. The first-order valence-corrected chi connectivity index (χ1v) is 3.87. The second-order valence-electron chi connectivity index (χ2n) is 2.57. The highest BCUT2D eigenvalue weighted by Gasteiger charge is 2.37. The van der Waals surface area contributed by atoms with Crippen molar-refractivity contribution in [1.29, 1.82) is 0 Å². The molecule has 0 saturated carbocycles. The highest BCUT2D eigenvalue weighted by Crippen LogP contribution is 2.30. The minimum absolute atomic E-state index is 0. The van der Waals surface area contributed by atoms with Crippen LogP contribution < -0.4 is 5.73 Å². The monoisotopic (exact) mass is 245 g/mol. The Morgan fingerprint density at radius 3 is 1.93 bits per heavy atom. The van der Waals surface area contributed by atoms with Crippen molar-refractivity contribution in [1.82, 2.24) is 0 Å². The smallest absolute Gasteiger partial charge is 0.316 e. The molecule has 1 atom stereocenters. The van der Waals surface area contributed by atoms with Gasteiger partial charge in [-0.1, -0.05) is 23.7 Å². The summed E-state index contributed by atoms with van der Waals surface area (Å²) < 4.78 is 36.2. The number of alkyl halides is 3. The number of nitrogens with two attached hydrogens (primary N) is 1. The average molecular weight is 246 g/mol. The molecule has 0 radical (unpaired) electrons. The van der Waals surface area contributed by atoms with Crippen LogP contribution in [0.25, 0.3) is 0 Å². The molecule has 1 nitrogen and oxygen atoms in total. The van der Waals surface area contributed by atoms with Gasteiger partial charge in [0.25, 0.3) is 0 Å². The van der Waals surface area contributed by atoms with E-state index in [1.54, 1.807) is 0 Å². The van der Waals surface area contributed by atoms with Crippen molar-refractivity contribution in [3.63, 3.8) is 0 Å². The first-order chi connectivity index (χ1) is 5.91. The van der Waals surface area contributed by atoms with Gasteiger partial charge in [-0.2, -0.15) is 13.2 Å². The Kier molecular flexibility index (Phi) is 4.71. The van der Waals surface area contributed by atoms with Crippen LogP contribution in [0, 0.1) is 0 Å². The van der Waals surface area contributed by atoms with E-state index in [9.17, 15) is 13.2 Å². The van der Waals surface area contributed by atoms with Crippen LogP contribution in [0.1, 0.15) is 11.6 Å². The predicted octanol–water partition coefficient (Wildman–Crippen LogP) is 3.32. The van der Waals surface area contributed by atoms with Crippen LogP contribution in [0.2, 0.25) is 5.02 Å². The third-order valence-corrected chi connectivity index (χ3v) is 1.83. The fourth-order valence-electron chi connectivity index (χ4n) is 0.859. The molecule has 80 valence electrons. The van der Waals surface area contributed by atoms with Gasteiger partial charge in [-0.05, 0) is 17.7 Å². The van der Waals surface area contributed by atoms with E-state index in [0.717, 1.165) is 0 Å². The molecule has 1 aromatic rings. The van der Waals surface area contributed by atoms with Crippen molar-refractivity contribution in [3.8, 4) is 0 Å². The van der Waals surface area contributed by atoms with Gasteiger partial charge in [0, 0.05) is 5.02 Å². The molecule has 0 bridgehead atoms. The van der Waals surface area contributed by atoms with Crippen LogP contribution in [0.3, 0.4) is 0 Å². The normalized spacial score (nSPS) is 13.2. The maximum atomic E-state index is 12.1. The summed E-state index contributed by atoms with van der Waals surface area (Å²) in [6.45, 7) is 0. The molecule has 0 saturated heterocycles. The average Bonchev–Trinajstić information content (AvgIpc) is 2.03. The van der Waals surface area contributed by atoms with Crippen LogP contribution in [0.5, 0.6) is 0 Å². The summed E-state index contributed by atoms with van der Waals surface area (Å²) in [5.74, 6) is 0. The van der Waals surface area contributed by atoms with Crippen molar-refractivity contribution in [3.05, 3.63) is 34.9 Å². The third kappa shape index (κ3) is 3.36. The van der Waals surface area contributed by atoms with E-state index in [1.807, 2.05) is 0 Å². The number of rotatable bonds is 1. The molecule has 0 aromatic heterocycles. The zero-order valence-corrected chi connectivity index (χ0v) is 8.46. The van der Waals surface area contributed by atoms with E-state index in [4.69, 9.17) is 17.3 Å². The van der Waals surface area contributed by atoms with Gasteiger partial charge in [-0.25, -0.2) is 0 Å². The number of hydrogen-bond acceptors (Lipinski definition) is 1. The third-order valence-electron chi connectivity index (χ3n) is 1.58. The highest BCUT2D eigenvalue weighted by molar-refractivity contribution is 6.30. The summed E-state index contributed by atoms with van der Waals surface area (Å²) in [5, 5.41) is 0.387. The Labute approximate surface area is 90.5 Å². The Bertz CT molecular complexity index is 284. The quantitative estimate of drug-likeness (QED) is 0.808. The summed E-state index contributed by atoms with van der Waals surface area (Å²) in [4.78, 5) is 0. The van der Waals surface area contributed by atoms with E-state index >= 15 is 0 Å². The van der Waals surface area contributed by atoms with E-state index in [1.165, 1.54) is 24.3 Å². The first-order valence-electron chi connectivity index (χ1n) is 3.49. The minimum atomic E-state index is -4.41. The molecule has 0 unspecified atom stereocenters. The van der Waals surface area contributed by atoms with Crippen LogP contribution in [0.4, 0.5) is 13.2 Å². The lowest BCUT2D eigenvalue weighted by atomic mass is 10.1. The Hall–Kier alpha value is -0.450. The van der Waals surface area contributed by atoms with E-state index in [2.05, 4.69) is 0 Å². The van der Waals surface area contributed by atoms with E-state index < -0.39 is 12.2 Å². The van der Waals surface area contributed by atoms with Gasteiger partial charge in [-0.15, -0.1) is 12.4 Å². The summed E-state index contributed by atoms with van der Waals surface area (Å²) in [6, 6.07) is 3.34. The molecule has 1 rings (SSSR count). The lowest BCUT2D eigenvalue weighted by Crippen LogP contribution is -2.28. The molecular formula is C8H8Cl2F3N. The van der Waals surface area contributed by atoms with Crippen LogP contribution in [-0.4, -0.2) is 6.18 Å². The lowest BCUT2D eigenvalue weighted by molar-refractivity contribution is -0.149. The van der Waals surface area contributed by atoms with Crippen molar-refractivity contribution in [2.45, 2.75) is 12.2 Å². The van der Waals surface area contributed by atoms with E-state index in [0.29, 0.717) is 5.02 Å². The fourth-order valence-corrected chi connectivity index (χ4v) is 0.985. The van der Waals surface area contributed by atoms with Gasteiger partial charge in [-0.3, -0.25) is 0 Å². The topological polar surface area (TPSA) is 26.0 Å². The highest BCUT2D eigenvalue weighted by atomic mass is 35.5. The van der Waals surface area contributed by atoms with Gasteiger partial charge in [0.05, 0.1) is 0 Å². The summed E-state index contributed by atoms with van der Waals surface area (Å²) in [6.07, 6.45) is -4.41. The maximum absolute atomic E-state index is 12.1. The molecular weight excluding hydrogens is 238 g/mol. The largest absolute Gasteiger partial charge is 0.407 e. The lowest BCUT2D eigenvalue weighted by Gasteiger charge is -2.15. The van der Waals surface area contributed by atoms with Gasteiger partial charge < -0.3 is 5.73 Å². The van der Waals surface area contributed by atoms with Crippen molar-refractivity contribution >= 4 is 24.0 Å². The molecule has 6 heteroatoms. The minimum Gasteiger partial charge on any atom is -0.316 e. The number of hydrogen-bond donors (Lipinski definition) is 1. The van der Waals surface area contributed by atoms with Gasteiger partial charge >= 0.3 is 6.18 Å². The van der Waals surface area contributed by atoms with Gasteiger partial charge in [0.15, 0.2) is 0 Å². The zero-order chi connectivity index (χ0) is 10.1. The Morgan fingerprint density at radius 2 is 1.57 bits per heavy atom. The Balaban J connectivity index is 0.00000169. The molecule has 0 spiro atoms. The van der Waals surface area contributed by atoms with Gasteiger partial charge in [0.1, 0.15) is 6.04 Å². The second kappa shape index (κ2) is 4.87. The summed E-state index contributed by atoms with van der Waals surface area (Å²) >= 11 is 5.51. The predicted molar refractivity (Wildman–Crippen MR) is 51.7 cm³/mol. The number of halogens is 5.